The summed E-state index contributed by atoms with van der Waals surface area (Å²) in [7, 11) is 0. The Morgan fingerprint density at radius 2 is 1.87 bits per heavy atom. The molecule has 0 aliphatic carbocycles. The van der Waals surface area contributed by atoms with Gasteiger partial charge in [-0.2, -0.15) is 5.26 Å². The number of esters is 1. The number of nitrogens with zero attached hydrogens (tertiary/aromatic N) is 1. The summed E-state index contributed by atoms with van der Waals surface area (Å²) in [6, 6.07) is 18.0. The fourth-order valence-corrected chi connectivity index (χ4v) is 2.17. The number of nitrogens with two attached hydrogens (primary N) is 1. The SMILES string of the molecule is N#Cc1cccc(C[C@](N)(CO)C(=O)OCc2ccccc2)c1. The number of aliphatic hydroxyl groups is 1. The van der Waals surface area contributed by atoms with Crippen molar-refractivity contribution in [2.75, 3.05) is 6.61 Å². The lowest BCUT2D eigenvalue weighted by molar-refractivity contribution is -0.153. The molecule has 0 aliphatic rings. The molecular weight excluding hydrogens is 292 g/mol. The van der Waals surface area contributed by atoms with Crippen molar-refractivity contribution in [3.8, 4) is 6.07 Å². The van der Waals surface area contributed by atoms with E-state index in [9.17, 15) is 9.90 Å². The lowest BCUT2D eigenvalue weighted by atomic mass is 9.92. The maximum Gasteiger partial charge on any atom is 0.329 e. The smallest absolute Gasteiger partial charge is 0.329 e. The normalized spacial score (nSPS) is 12.9. The number of aliphatic hydroxyl groups excluding tert-OH is 1. The van der Waals surface area contributed by atoms with Crippen molar-refractivity contribution in [2.45, 2.75) is 18.6 Å². The highest BCUT2D eigenvalue weighted by atomic mass is 16.5. The summed E-state index contributed by atoms with van der Waals surface area (Å²) in [6.07, 6.45) is 0.0899. The average molecular weight is 310 g/mol. The van der Waals surface area contributed by atoms with Crippen molar-refractivity contribution in [3.05, 3.63) is 71.3 Å². The molecule has 23 heavy (non-hydrogen) atoms. The third-order valence-electron chi connectivity index (χ3n) is 3.48. The molecule has 2 aromatic rings. The Balaban J connectivity index is 2.06. The van der Waals surface area contributed by atoms with Crippen molar-refractivity contribution in [2.24, 2.45) is 5.73 Å². The van der Waals surface area contributed by atoms with Crippen LogP contribution in [0.2, 0.25) is 0 Å². The van der Waals surface area contributed by atoms with E-state index in [1.807, 2.05) is 36.4 Å². The Morgan fingerprint density at radius 3 is 2.52 bits per heavy atom. The van der Waals surface area contributed by atoms with E-state index in [0.717, 1.165) is 5.56 Å². The first-order chi connectivity index (χ1) is 11.1. The van der Waals surface area contributed by atoms with E-state index in [1.165, 1.54) is 0 Å². The van der Waals surface area contributed by atoms with E-state index >= 15 is 0 Å². The molecule has 2 rings (SSSR count). The van der Waals surface area contributed by atoms with E-state index in [0.29, 0.717) is 11.1 Å². The van der Waals surface area contributed by atoms with E-state index in [1.54, 1.807) is 24.3 Å². The summed E-state index contributed by atoms with van der Waals surface area (Å²) in [6.45, 7) is -0.450. The number of carbonyl (C=O) groups is 1. The average Bonchev–Trinajstić information content (AvgIpc) is 2.60. The predicted octanol–water partition coefficient (Wildman–Crippen LogP) is 1.53. The Morgan fingerprint density at radius 1 is 1.17 bits per heavy atom. The van der Waals surface area contributed by atoms with E-state index < -0.39 is 18.1 Å². The van der Waals surface area contributed by atoms with Gasteiger partial charge in [0.2, 0.25) is 0 Å². The van der Waals surface area contributed by atoms with Crippen LogP contribution in [0.3, 0.4) is 0 Å². The Kier molecular flexibility index (Phi) is 5.47. The summed E-state index contributed by atoms with van der Waals surface area (Å²) in [5.41, 5.74) is 6.49. The van der Waals surface area contributed by atoms with E-state index in [2.05, 4.69) is 0 Å². The molecule has 5 nitrogen and oxygen atoms in total. The number of carbonyl (C=O) groups excluding carboxylic acids is 1. The van der Waals surface area contributed by atoms with Crippen molar-refractivity contribution in [1.29, 1.82) is 5.26 Å². The van der Waals surface area contributed by atoms with Crippen LogP contribution in [0.25, 0.3) is 0 Å². The van der Waals surface area contributed by atoms with Crippen LogP contribution in [0.1, 0.15) is 16.7 Å². The summed E-state index contributed by atoms with van der Waals surface area (Å²) in [5.74, 6) is -0.675. The molecular formula is C18H18N2O3. The molecule has 0 radical (unpaired) electrons. The van der Waals surface area contributed by atoms with E-state index in [4.69, 9.17) is 15.7 Å². The van der Waals surface area contributed by atoms with Gasteiger partial charge in [-0.3, -0.25) is 0 Å². The molecule has 0 amide bonds. The van der Waals surface area contributed by atoms with Gasteiger partial charge in [0.1, 0.15) is 12.1 Å². The third-order valence-corrected chi connectivity index (χ3v) is 3.48. The lowest BCUT2D eigenvalue weighted by Crippen LogP contribution is -2.54. The van der Waals surface area contributed by atoms with Gasteiger partial charge in [0.25, 0.3) is 0 Å². The first-order valence-electron chi connectivity index (χ1n) is 7.17. The van der Waals surface area contributed by atoms with Gasteiger partial charge in [-0.25, -0.2) is 4.79 Å². The van der Waals surface area contributed by atoms with Gasteiger partial charge < -0.3 is 15.6 Å². The van der Waals surface area contributed by atoms with Gasteiger partial charge in [0, 0.05) is 6.42 Å². The van der Waals surface area contributed by atoms with Crippen LogP contribution in [0.5, 0.6) is 0 Å². The van der Waals surface area contributed by atoms with Gasteiger partial charge in [-0.15, -0.1) is 0 Å². The Labute approximate surface area is 134 Å². The van der Waals surface area contributed by atoms with Crippen LogP contribution >= 0.6 is 0 Å². The zero-order valence-corrected chi connectivity index (χ0v) is 12.6. The maximum atomic E-state index is 12.3. The quantitative estimate of drug-likeness (QED) is 0.789. The monoisotopic (exact) mass is 310 g/mol. The predicted molar refractivity (Wildman–Crippen MR) is 85.1 cm³/mol. The summed E-state index contributed by atoms with van der Waals surface area (Å²) in [4.78, 5) is 12.3. The van der Waals surface area contributed by atoms with Crippen LogP contribution < -0.4 is 5.73 Å². The number of hydrogen-bond acceptors (Lipinski definition) is 5. The highest BCUT2D eigenvalue weighted by molar-refractivity contribution is 5.81. The highest BCUT2D eigenvalue weighted by Crippen LogP contribution is 2.15. The largest absolute Gasteiger partial charge is 0.459 e. The van der Waals surface area contributed by atoms with Crippen LogP contribution in [0, 0.1) is 11.3 Å². The topological polar surface area (TPSA) is 96.3 Å². The van der Waals surface area contributed by atoms with Crippen LogP contribution in [0.4, 0.5) is 0 Å². The molecule has 0 unspecified atom stereocenters. The molecule has 118 valence electrons. The molecule has 0 aliphatic heterocycles. The number of benzene rings is 2. The lowest BCUT2D eigenvalue weighted by Gasteiger charge is -2.25. The minimum atomic E-state index is -1.54. The summed E-state index contributed by atoms with van der Waals surface area (Å²) in [5, 5.41) is 18.5. The minimum Gasteiger partial charge on any atom is -0.459 e. The van der Waals surface area contributed by atoms with Crippen molar-refractivity contribution in [3.63, 3.8) is 0 Å². The van der Waals surface area contributed by atoms with Crippen LogP contribution in [-0.4, -0.2) is 23.2 Å². The minimum absolute atomic E-state index is 0.0899. The molecule has 0 saturated carbocycles. The van der Waals surface area contributed by atoms with Crippen molar-refractivity contribution < 1.29 is 14.6 Å². The molecule has 2 aromatic carbocycles. The summed E-state index contributed by atoms with van der Waals surface area (Å²) < 4.78 is 5.22. The Hall–Kier alpha value is -2.68. The first-order valence-corrected chi connectivity index (χ1v) is 7.17. The molecule has 0 fully saturated rings. The van der Waals surface area contributed by atoms with Gasteiger partial charge >= 0.3 is 5.97 Å². The maximum absolute atomic E-state index is 12.3. The highest BCUT2D eigenvalue weighted by Gasteiger charge is 2.35. The molecule has 0 spiro atoms. The van der Waals surface area contributed by atoms with Crippen molar-refractivity contribution >= 4 is 5.97 Å². The molecule has 0 aromatic heterocycles. The van der Waals surface area contributed by atoms with Crippen LogP contribution in [-0.2, 0) is 22.6 Å². The third kappa shape index (κ3) is 4.39. The van der Waals surface area contributed by atoms with Crippen molar-refractivity contribution in [1.82, 2.24) is 0 Å². The van der Waals surface area contributed by atoms with Gasteiger partial charge in [-0.1, -0.05) is 42.5 Å². The molecule has 0 heterocycles. The van der Waals surface area contributed by atoms with Gasteiger partial charge in [0.05, 0.1) is 18.2 Å². The number of rotatable bonds is 6. The zero-order valence-electron chi connectivity index (χ0n) is 12.6. The van der Waals surface area contributed by atoms with E-state index in [-0.39, 0.29) is 13.0 Å². The summed E-state index contributed by atoms with van der Waals surface area (Å²) >= 11 is 0. The molecule has 5 heteroatoms. The van der Waals surface area contributed by atoms with Gasteiger partial charge in [-0.05, 0) is 23.3 Å². The second-order valence-corrected chi connectivity index (χ2v) is 5.36. The fourth-order valence-electron chi connectivity index (χ4n) is 2.17. The zero-order chi connectivity index (χ0) is 16.7. The number of hydrogen-bond donors (Lipinski definition) is 2. The van der Waals surface area contributed by atoms with Gasteiger partial charge in [0.15, 0.2) is 0 Å². The first kappa shape index (κ1) is 16.7. The Bertz CT molecular complexity index is 710. The number of nitriles is 1. The molecule has 0 bridgehead atoms. The molecule has 1 atom stereocenters. The van der Waals surface area contributed by atoms with Crippen LogP contribution in [0.15, 0.2) is 54.6 Å². The fraction of sp³-hybridized carbons (Fsp3) is 0.222. The number of ether oxygens (including phenoxy) is 1. The molecule has 3 N–H and O–H groups in total. The standard InChI is InChI=1S/C18H18N2O3/c19-11-16-8-4-7-15(9-16)10-18(20,13-21)17(22)23-12-14-5-2-1-3-6-14/h1-9,21H,10,12-13,20H2/t18-/m0/s1. The second kappa shape index (κ2) is 7.54. The second-order valence-electron chi connectivity index (χ2n) is 5.36. The molecule has 0 saturated heterocycles.